The Hall–Kier alpha value is -2.99. The smallest absolute Gasteiger partial charge is 0.225 e. The summed E-state index contributed by atoms with van der Waals surface area (Å²) in [5, 5.41) is 0. The molecule has 3 aromatic carbocycles. The summed E-state index contributed by atoms with van der Waals surface area (Å²) in [5.74, 6) is 0.0952. The SMILES string of the molecule is CCCN1C(=O)C[C@@H](OCc2ccccc2)[C@@H](OCc2ccccc2)[C@H]1COCc1ccccc1. The maximum Gasteiger partial charge on any atom is 0.225 e. The number of benzene rings is 3. The summed E-state index contributed by atoms with van der Waals surface area (Å²) >= 11 is 0. The predicted molar refractivity (Wildman–Crippen MR) is 137 cm³/mol. The minimum atomic E-state index is -0.343. The molecule has 5 heteroatoms. The Kier molecular flexibility index (Phi) is 9.47. The van der Waals surface area contributed by atoms with Crippen LogP contribution in [0.15, 0.2) is 91.0 Å². The van der Waals surface area contributed by atoms with Gasteiger partial charge in [0.05, 0.1) is 45.0 Å². The molecule has 0 radical (unpaired) electrons. The van der Waals surface area contributed by atoms with Gasteiger partial charge >= 0.3 is 0 Å². The fraction of sp³-hybridized carbons (Fsp3) is 0.367. The highest BCUT2D eigenvalue weighted by molar-refractivity contribution is 5.78. The molecule has 0 unspecified atom stereocenters. The number of rotatable bonds is 12. The number of carbonyl (C=O) groups is 1. The second kappa shape index (κ2) is 13.2. The van der Waals surface area contributed by atoms with E-state index in [9.17, 15) is 4.79 Å². The van der Waals surface area contributed by atoms with Crippen molar-refractivity contribution in [2.45, 2.75) is 57.8 Å². The zero-order chi connectivity index (χ0) is 24.3. The molecule has 1 aliphatic heterocycles. The summed E-state index contributed by atoms with van der Waals surface area (Å²) in [7, 11) is 0. The summed E-state index contributed by atoms with van der Waals surface area (Å²) in [6.45, 7) is 4.55. The fourth-order valence-corrected chi connectivity index (χ4v) is 4.52. The third kappa shape index (κ3) is 7.25. The second-order valence-electron chi connectivity index (χ2n) is 8.96. The van der Waals surface area contributed by atoms with Crippen LogP contribution in [0, 0.1) is 0 Å². The Bertz CT molecular complexity index is 1010. The first-order chi connectivity index (χ1) is 17.2. The normalized spacial score (nSPS) is 20.2. The van der Waals surface area contributed by atoms with Gasteiger partial charge in [-0.25, -0.2) is 0 Å². The van der Waals surface area contributed by atoms with E-state index >= 15 is 0 Å². The molecule has 1 amide bonds. The first-order valence-corrected chi connectivity index (χ1v) is 12.5. The summed E-state index contributed by atoms with van der Waals surface area (Å²) in [6.07, 6.45) is 0.548. The topological polar surface area (TPSA) is 48.0 Å². The van der Waals surface area contributed by atoms with Crippen LogP contribution in [0.3, 0.4) is 0 Å². The quantitative estimate of drug-likeness (QED) is 0.354. The fourth-order valence-electron chi connectivity index (χ4n) is 4.52. The Morgan fingerprint density at radius 1 is 0.743 bits per heavy atom. The van der Waals surface area contributed by atoms with Crippen LogP contribution in [0.4, 0.5) is 0 Å². The highest BCUT2D eigenvalue weighted by Crippen LogP contribution is 2.27. The van der Waals surface area contributed by atoms with Gasteiger partial charge in [0.25, 0.3) is 0 Å². The molecule has 3 atom stereocenters. The second-order valence-corrected chi connectivity index (χ2v) is 8.96. The van der Waals surface area contributed by atoms with E-state index in [2.05, 4.69) is 19.1 Å². The summed E-state index contributed by atoms with van der Waals surface area (Å²) in [5.41, 5.74) is 3.28. The van der Waals surface area contributed by atoms with Crippen LogP contribution in [0.5, 0.6) is 0 Å². The maximum absolute atomic E-state index is 13.2. The minimum Gasteiger partial charge on any atom is -0.375 e. The van der Waals surface area contributed by atoms with Crippen molar-refractivity contribution in [2.24, 2.45) is 0 Å². The van der Waals surface area contributed by atoms with E-state index in [0.717, 1.165) is 23.1 Å². The van der Waals surface area contributed by atoms with Crippen molar-refractivity contribution < 1.29 is 19.0 Å². The van der Waals surface area contributed by atoms with Gasteiger partial charge in [-0.2, -0.15) is 0 Å². The van der Waals surface area contributed by atoms with Crippen LogP contribution in [0.1, 0.15) is 36.5 Å². The molecule has 1 saturated heterocycles. The Morgan fingerprint density at radius 2 is 1.26 bits per heavy atom. The molecule has 5 nitrogen and oxygen atoms in total. The predicted octanol–water partition coefficient (Wildman–Crippen LogP) is 5.38. The standard InChI is InChI=1S/C30H35NO4/c1-2-18-31-27(23-33-20-24-12-6-3-7-13-24)30(35-22-26-16-10-5-11-17-26)28(19-29(31)32)34-21-25-14-8-4-9-15-25/h3-17,27-28,30H,2,18-23H2,1H3/t27-,28-,30+/m1/s1. The van der Waals surface area contributed by atoms with Crippen molar-refractivity contribution in [3.8, 4) is 0 Å². The van der Waals surface area contributed by atoms with Gasteiger partial charge in [-0.05, 0) is 23.1 Å². The molecule has 0 saturated carbocycles. The molecule has 35 heavy (non-hydrogen) atoms. The molecule has 0 bridgehead atoms. The third-order valence-electron chi connectivity index (χ3n) is 6.30. The van der Waals surface area contributed by atoms with Gasteiger partial charge in [0.1, 0.15) is 6.10 Å². The Balaban J connectivity index is 1.51. The largest absolute Gasteiger partial charge is 0.375 e. The van der Waals surface area contributed by atoms with Crippen LogP contribution in [0.25, 0.3) is 0 Å². The number of hydrogen-bond donors (Lipinski definition) is 0. The molecule has 0 N–H and O–H groups in total. The summed E-state index contributed by atoms with van der Waals surface area (Å²) < 4.78 is 19.0. The molecular formula is C30H35NO4. The lowest BCUT2D eigenvalue weighted by Crippen LogP contribution is -2.60. The molecule has 1 fully saturated rings. The Labute approximate surface area is 208 Å². The highest BCUT2D eigenvalue weighted by atomic mass is 16.5. The van der Waals surface area contributed by atoms with E-state index in [-0.39, 0.29) is 24.2 Å². The van der Waals surface area contributed by atoms with E-state index in [0.29, 0.717) is 39.4 Å². The van der Waals surface area contributed by atoms with E-state index in [4.69, 9.17) is 14.2 Å². The van der Waals surface area contributed by atoms with E-state index in [1.807, 2.05) is 83.8 Å². The number of hydrogen-bond acceptors (Lipinski definition) is 4. The number of ether oxygens (including phenoxy) is 3. The average Bonchev–Trinajstić information content (AvgIpc) is 2.90. The van der Waals surface area contributed by atoms with Crippen molar-refractivity contribution in [1.82, 2.24) is 4.90 Å². The van der Waals surface area contributed by atoms with Crippen molar-refractivity contribution in [3.63, 3.8) is 0 Å². The average molecular weight is 474 g/mol. The van der Waals surface area contributed by atoms with E-state index in [1.165, 1.54) is 0 Å². The van der Waals surface area contributed by atoms with E-state index in [1.54, 1.807) is 0 Å². The molecule has 0 spiro atoms. The monoisotopic (exact) mass is 473 g/mol. The van der Waals surface area contributed by atoms with Gasteiger partial charge in [-0.15, -0.1) is 0 Å². The van der Waals surface area contributed by atoms with Gasteiger partial charge in [-0.1, -0.05) is 97.9 Å². The van der Waals surface area contributed by atoms with Crippen LogP contribution in [0.2, 0.25) is 0 Å². The molecule has 1 aliphatic rings. The highest BCUT2D eigenvalue weighted by Gasteiger charge is 2.43. The van der Waals surface area contributed by atoms with Crippen LogP contribution < -0.4 is 0 Å². The van der Waals surface area contributed by atoms with Gasteiger partial charge in [-0.3, -0.25) is 4.79 Å². The van der Waals surface area contributed by atoms with Gasteiger partial charge < -0.3 is 19.1 Å². The molecule has 1 heterocycles. The van der Waals surface area contributed by atoms with Gasteiger partial charge in [0.2, 0.25) is 5.91 Å². The van der Waals surface area contributed by atoms with Gasteiger partial charge in [0.15, 0.2) is 0 Å². The van der Waals surface area contributed by atoms with Crippen LogP contribution in [-0.2, 0) is 38.8 Å². The number of likely N-dealkylation sites (tertiary alicyclic amines) is 1. The maximum atomic E-state index is 13.2. The molecule has 0 aliphatic carbocycles. The zero-order valence-corrected chi connectivity index (χ0v) is 20.4. The number of carbonyl (C=O) groups excluding carboxylic acids is 1. The number of piperidine rings is 1. The molecule has 184 valence electrons. The minimum absolute atomic E-state index is 0.0952. The van der Waals surface area contributed by atoms with Gasteiger partial charge in [0, 0.05) is 6.54 Å². The van der Waals surface area contributed by atoms with Crippen molar-refractivity contribution in [3.05, 3.63) is 108 Å². The van der Waals surface area contributed by atoms with Crippen molar-refractivity contribution in [1.29, 1.82) is 0 Å². The van der Waals surface area contributed by atoms with Crippen molar-refractivity contribution >= 4 is 5.91 Å². The first kappa shape index (κ1) is 25.1. The molecule has 0 aromatic heterocycles. The lowest BCUT2D eigenvalue weighted by atomic mass is 9.94. The molecule has 4 rings (SSSR count). The third-order valence-corrected chi connectivity index (χ3v) is 6.30. The number of nitrogens with zero attached hydrogens (tertiary/aromatic N) is 1. The lowest BCUT2D eigenvalue weighted by molar-refractivity contribution is -0.177. The first-order valence-electron chi connectivity index (χ1n) is 12.5. The lowest BCUT2D eigenvalue weighted by Gasteiger charge is -2.44. The molecule has 3 aromatic rings. The van der Waals surface area contributed by atoms with Crippen molar-refractivity contribution in [2.75, 3.05) is 13.2 Å². The van der Waals surface area contributed by atoms with Crippen LogP contribution in [-0.4, -0.2) is 42.2 Å². The summed E-state index contributed by atoms with van der Waals surface area (Å²) in [4.78, 5) is 15.1. The van der Waals surface area contributed by atoms with E-state index < -0.39 is 0 Å². The summed E-state index contributed by atoms with van der Waals surface area (Å²) in [6, 6.07) is 30.1. The zero-order valence-electron chi connectivity index (χ0n) is 20.4. The Morgan fingerprint density at radius 3 is 1.80 bits per heavy atom. The molecular weight excluding hydrogens is 438 g/mol. The number of amides is 1. The van der Waals surface area contributed by atoms with Crippen LogP contribution >= 0.6 is 0 Å².